The van der Waals surface area contributed by atoms with Crippen LogP contribution < -0.4 is 0 Å². The predicted molar refractivity (Wildman–Crippen MR) is 93.1 cm³/mol. The molecule has 2 heteroatoms. The van der Waals surface area contributed by atoms with Crippen LogP contribution >= 0.6 is 0 Å². The van der Waals surface area contributed by atoms with Gasteiger partial charge < -0.3 is 5.11 Å². The summed E-state index contributed by atoms with van der Waals surface area (Å²) in [7, 11) is 0. The summed E-state index contributed by atoms with van der Waals surface area (Å²) in [4.78, 5) is 0. The van der Waals surface area contributed by atoms with Gasteiger partial charge >= 0.3 is 0 Å². The Hall–Kier alpha value is -1.33. The number of aliphatic hydroxyl groups excluding tert-OH is 1. The van der Waals surface area contributed by atoms with Gasteiger partial charge in [0, 0.05) is 0 Å². The third-order valence-corrected chi connectivity index (χ3v) is 6.81. The highest BCUT2D eigenvalue weighted by Crippen LogP contribution is 2.60. The normalized spacial score (nSPS) is 37.5. The molecule has 2 fully saturated rings. The molecule has 4 rings (SSSR count). The van der Waals surface area contributed by atoms with Crippen molar-refractivity contribution < 1.29 is 5.11 Å². The molecule has 3 aliphatic rings. The van der Waals surface area contributed by atoms with Crippen molar-refractivity contribution >= 4 is 0 Å². The molecule has 124 valence electrons. The fraction of sp³-hybridized carbons (Fsp3) is 0.667. The average molecular weight is 311 g/mol. The third-order valence-electron chi connectivity index (χ3n) is 6.81. The van der Waals surface area contributed by atoms with Crippen LogP contribution in [0.15, 0.2) is 18.2 Å². The summed E-state index contributed by atoms with van der Waals surface area (Å²) in [5.74, 6) is 2.08. The lowest BCUT2D eigenvalue weighted by molar-refractivity contribution is -0.0226. The summed E-state index contributed by atoms with van der Waals surface area (Å²) in [6.45, 7) is 6.32. The number of benzene rings is 1. The van der Waals surface area contributed by atoms with E-state index >= 15 is 0 Å². The van der Waals surface area contributed by atoms with E-state index in [1.807, 2.05) is 19.9 Å². The highest BCUT2D eigenvalue weighted by atomic mass is 16.3. The molecule has 23 heavy (non-hydrogen) atoms. The molecule has 1 aromatic rings. The van der Waals surface area contributed by atoms with Crippen molar-refractivity contribution in [3.05, 3.63) is 34.9 Å². The second-order valence-corrected chi connectivity index (χ2v) is 7.58. The monoisotopic (exact) mass is 311 g/mol. The van der Waals surface area contributed by atoms with E-state index in [-0.39, 0.29) is 11.5 Å². The first-order chi connectivity index (χ1) is 11.1. The minimum absolute atomic E-state index is 0.0918. The van der Waals surface area contributed by atoms with Gasteiger partial charge in [-0.25, -0.2) is 0 Å². The molecule has 5 atom stereocenters. The highest BCUT2D eigenvalue weighted by Gasteiger charge is 2.54. The number of aliphatic hydroxyl groups is 1. The lowest BCUT2D eigenvalue weighted by Crippen LogP contribution is -2.43. The number of fused-ring (bicyclic) bond motifs is 5. The highest BCUT2D eigenvalue weighted by molar-refractivity contribution is 5.42. The summed E-state index contributed by atoms with van der Waals surface area (Å²) >= 11 is 0. The van der Waals surface area contributed by atoms with E-state index in [1.54, 1.807) is 0 Å². The lowest BCUT2D eigenvalue weighted by atomic mass is 9.55. The van der Waals surface area contributed by atoms with Crippen LogP contribution in [0.1, 0.15) is 75.5 Å². The van der Waals surface area contributed by atoms with Gasteiger partial charge in [0.1, 0.15) is 0 Å². The van der Waals surface area contributed by atoms with Crippen molar-refractivity contribution in [2.75, 3.05) is 0 Å². The predicted octanol–water partition coefficient (Wildman–Crippen LogP) is 4.80. The maximum Gasteiger partial charge on any atom is 0.0991 e. The Morgan fingerprint density at radius 1 is 1.17 bits per heavy atom. The molecule has 0 spiro atoms. The Labute approximate surface area is 140 Å². The minimum atomic E-state index is -0.0918. The van der Waals surface area contributed by atoms with E-state index in [0.717, 1.165) is 30.7 Å². The van der Waals surface area contributed by atoms with Crippen LogP contribution in [0.2, 0.25) is 0 Å². The first-order valence-electron chi connectivity index (χ1n) is 9.34. The molecule has 0 bridgehead atoms. The average Bonchev–Trinajstić information content (AvgIpc) is 2.91. The van der Waals surface area contributed by atoms with Crippen molar-refractivity contribution in [2.24, 2.45) is 17.3 Å². The van der Waals surface area contributed by atoms with Crippen LogP contribution in [0.4, 0.5) is 0 Å². The number of hydrogen-bond acceptors (Lipinski definition) is 2. The SMILES string of the molecule is CC.C[C@]12CCC3c4ccc(C#N)cc4CCC3C1CCC2O. The lowest BCUT2D eigenvalue weighted by Gasteiger charge is -2.50. The van der Waals surface area contributed by atoms with Crippen LogP contribution in [0.3, 0.4) is 0 Å². The van der Waals surface area contributed by atoms with E-state index < -0.39 is 0 Å². The molecule has 0 aromatic heterocycles. The molecular formula is C21H29NO. The first kappa shape index (κ1) is 16.5. The largest absolute Gasteiger partial charge is 0.393 e. The second kappa shape index (κ2) is 6.29. The summed E-state index contributed by atoms with van der Waals surface area (Å²) in [6, 6.07) is 8.56. The minimum Gasteiger partial charge on any atom is -0.393 e. The zero-order valence-corrected chi connectivity index (χ0v) is 14.7. The molecule has 0 aliphatic heterocycles. The van der Waals surface area contributed by atoms with Gasteiger partial charge in [0.05, 0.1) is 17.7 Å². The van der Waals surface area contributed by atoms with Crippen LogP contribution in [0.25, 0.3) is 0 Å². The van der Waals surface area contributed by atoms with E-state index in [2.05, 4.69) is 25.1 Å². The van der Waals surface area contributed by atoms with Gasteiger partial charge in [0.15, 0.2) is 0 Å². The van der Waals surface area contributed by atoms with Crippen molar-refractivity contribution in [1.29, 1.82) is 5.26 Å². The molecule has 2 saturated carbocycles. The van der Waals surface area contributed by atoms with E-state index in [9.17, 15) is 5.11 Å². The van der Waals surface area contributed by atoms with Crippen LogP contribution in [-0.4, -0.2) is 11.2 Å². The fourth-order valence-corrected chi connectivity index (χ4v) is 5.62. The standard InChI is InChI=1S/C19H23NO.C2H6/c1-19-9-8-15-14-4-2-12(11-20)10-13(14)3-5-16(15)17(19)6-7-18(19)21;1-2/h2,4,10,15-18,21H,3,5-9H2,1H3;1-2H3/t15?,16?,17?,18?,19-;/m0./s1. The number of nitriles is 1. The second-order valence-electron chi connectivity index (χ2n) is 7.58. The van der Waals surface area contributed by atoms with E-state index in [1.165, 1.54) is 30.4 Å². The number of rotatable bonds is 0. The molecule has 0 radical (unpaired) electrons. The molecule has 0 saturated heterocycles. The van der Waals surface area contributed by atoms with Gasteiger partial charge in [-0.1, -0.05) is 26.8 Å². The maximum atomic E-state index is 10.4. The van der Waals surface area contributed by atoms with Gasteiger partial charge in [0.2, 0.25) is 0 Å². The summed E-state index contributed by atoms with van der Waals surface area (Å²) in [6.07, 6.45) is 6.79. The zero-order chi connectivity index (χ0) is 16.6. The Morgan fingerprint density at radius 2 is 1.96 bits per heavy atom. The fourth-order valence-electron chi connectivity index (χ4n) is 5.62. The Balaban J connectivity index is 0.000000753. The zero-order valence-electron chi connectivity index (χ0n) is 14.7. The topological polar surface area (TPSA) is 44.0 Å². The van der Waals surface area contributed by atoms with Crippen LogP contribution in [-0.2, 0) is 6.42 Å². The molecule has 1 aromatic carbocycles. The molecule has 3 aliphatic carbocycles. The van der Waals surface area contributed by atoms with Crippen LogP contribution in [0.5, 0.6) is 0 Å². The van der Waals surface area contributed by atoms with Gasteiger partial charge in [-0.05, 0) is 85.0 Å². The first-order valence-corrected chi connectivity index (χ1v) is 9.34. The molecule has 2 nitrogen and oxygen atoms in total. The Morgan fingerprint density at radius 3 is 2.70 bits per heavy atom. The van der Waals surface area contributed by atoms with Gasteiger partial charge in [-0.3, -0.25) is 0 Å². The van der Waals surface area contributed by atoms with Crippen LogP contribution in [0, 0.1) is 28.6 Å². The Bertz CT molecular complexity index is 617. The van der Waals surface area contributed by atoms with Crippen molar-refractivity contribution in [1.82, 2.24) is 0 Å². The molecule has 1 N–H and O–H groups in total. The van der Waals surface area contributed by atoms with Crippen molar-refractivity contribution in [3.8, 4) is 6.07 Å². The number of hydrogen-bond donors (Lipinski definition) is 1. The molecule has 4 unspecified atom stereocenters. The van der Waals surface area contributed by atoms with Gasteiger partial charge in [0.25, 0.3) is 0 Å². The van der Waals surface area contributed by atoms with E-state index in [4.69, 9.17) is 5.26 Å². The van der Waals surface area contributed by atoms with E-state index in [0.29, 0.717) is 11.8 Å². The van der Waals surface area contributed by atoms with Gasteiger partial charge in [-0.2, -0.15) is 5.26 Å². The molecule has 0 amide bonds. The van der Waals surface area contributed by atoms with Gasteiger partial charge in [-0.15, -0.1) is 0 Å². The third kappa shape index (κ3) is 2.50. The van der Waals surface area contributed by atoms with Crippen molar-refractivity contribution in [3.63, 3.8) is 0 Å². The summed E-state index contributed by atoms with van der Waals surface area (Å²) in [5, 5.41) is 19.5. The summed E-state index contributed by atoms with van der Waals surface area (Å²) < 4.78 is 0. The maximum absolute atomic E-state index is 10.4. The quantitative estimate of drug-likeness (QED) is 0.748. The Kier molecular flexibility index (Phi) is 4.52. The number of nitrogens with zero attached hydrogens (tertiary/aromatic N) is 1. The summed E-state index contributed by atoms with van der Waals surface area (Å²) in [5.41, 5.74) is 3.85. The molecule has 0 heterocycles. The smallest absolute Gasteiger partial charge is 0.0991 e. The number of aryl methyl sites for hydroxylation is 1. The van der Waals surface area contributed by atoms with Crippen molar-refractivity contribution in [2.45, 2.75) is 71.3 Å². The molecular weight excluding hydrogens is 282 g/mol.